The molecule has 1 rings (SSSR count). The summed E-state index contributed by atoms with van der Waals surface area (Å²) >= 11 is 3.18. The van der Waals surface area contributed by atoms with Gasteiger partial charge in [0.15, 0.2) is 0 Å². The molecule has 0 aliphatic rings. The van der Waals surface area contributed by atoms with Gasteiger partial charge in [0, 0.05) is 13.2 Å². The van der Waals surface area contributed by atoms with Crippen LogP contribution in [0.3, 0.4) is 0 Å². The van der Waals surface area contributed by atoms with E-state index in [1.807, 2.05) is 19.3 Å². The van der Waals surface area contributed by atoms with E-state index in [0.29, 0.717) is 6.54 Å². The fourth-order valence-corrected chi connectivity index (χ4v) is 1.04. The lowest BCUT2D eigenvalue weighted by Crippen LogP contribution is -2.28. The Hall–Kier alpha value is -0.840. The quantitative estimate of drug-likeness (QED) is 0.802. The van der Waals surface area contributed by atoms with Crippen LogP contribution in [0.25, 0.3) is 0 Å². The smallest absolute Gasteiger partial charge is 0.233 e. The first-order chi connectivity index (χ1) is 6.09. The summed E-state index contributed by atoms with van der Waals surface area (Å²) in [5, 5.41) is 6.88. The van der Waals surface area contributed by atoms with E-state index >= 15 is 0 Å². The molecule has 1 aromatic rings. The Morgan fingerprint density at radius 1 is 1.85 bits per heavy atom. The predicted molar refractivity (Wildman–Crippen MR) is 53.4 cm³/mol. The lowest BCUT2D eigenvalue weighted by atomic mass is 10.4. The Bertz CT molecular complexity index is 295. The summed E-state index contributed by atoms with van der Waals surface area (Å²) in [4.78, 5) is 11.0. The molecular weight excluding hydrogens is 234 g/mol. The van der Waals surface area contributed by atoms with Gasteiger partial charge in [0.25, 0.3) is 0 Å². The van der Waals surface area contributed by atoms with E-state index in [0.717, 1.165) is 5.69 Å². The van der Waals surface area contributed by atoms with Gasteiger partial charge in [-0.05, 0) is 13.0 Å². The summed E-state index contributed by atoms with van der Waals surface area (Å²) in [5.41, 5.74) is 0.865. The average molecular weight is 246 g/mol. The van der Waals surface area contributed by atoms with Gasteiger partial charge in [-0.3, -0.25) is 9.48 Å². The van der Waals surface area contributed by atoms with E-state index < -0.39 is 0 Å². The Balaban J connectivity index is 2.39. The molecule has 1 heterocycles. The Labute approximate surface area is 85.4 Å². The molecule has 72 valence electrons. The SMILES string of the molecule is CC(Br)C(=O)NCc1ccn(C)n1. The molecule has 0 fully saturated rings. The summed E-state index contributed by atoms with van der Waals surface area (Å²) in [6.07, 6.45) is 1.85. The fraction of sp³-hybridized carbons (Fsp3) is 0.500. The van der Waals surface area contributed by atoms with Crippen LogP contribution in [0.15, 0.2) is 12.3 Å². The Kier molecular flexibility index (Phi) is 3.48. The van der Waals surface area contributed by atoms with Crippen LogP contribution in [0.5, 0.6) is 0 Å². The van der Waals surface area contributed by atoms with Crippen LogP contribution in [0, 0.1) is 0 Å². The average Bonchev–Trinajstić information content (AvgIpc) is 2.47. The van der Waals surface area contributed by atoms with Crippen molar-refractivity contribution in [2.24, 2.45) is 7.05 Å². The second-order valence-electron chi connectivity index (χ2n) is 2.81. The molecule has 1 aromatic heterocycles. The van der Waals surface area contributed by atoms with E-state index in [-0.39, 0.29) is 10.7 Å². The monoisotopic (exact) mass is 245 g/mol. The predicted octanol–water partition coefficient (Wildman–Crippen LogP) is 0.820. The van der Waals surface area contributed by atoms with Crippen molar-refractivity contribution in [2.75, 3.05) is 0 Å². The van der Waals surface area contributed by atoms with Gasteiger partial charge in [-0.15, -0.1) is 0 Å². The summed E-state index contributed by atoms with van der Waals surface area (Å²) in [6, 6.07) is 1.87. The largest absolute Gasteiger partial charge is 0.349 e. The van der Waals surface area contributed by atoms with Crippen LogP contribution in [-0.2, 0) is 18.4 Å². The van der Waals surface area contributed by atoms with Crippen molar-refractivity contribution < 1.29 is 4.79 Å². The van der Waals surface area contributed by atoms with Crippen LogP contribution in [-0.4, -0.2) is 20.5 Å². The van der Waals surface area contributed by atoms with Crippen molar-refractivity contribution >= 4 is 21.8 Å². The van der Waals surface area contributed by atoms with Crippen molar-refractivity contribution in [3.05, 3.63) is 18.0 Å². The lowest BCUT2D eigenvalue weighted by Gasteiger charge is -2.03. The highest BCUT2D eigenvalue weighted by atomic mass is 79.9. The van der Waals surface area contributed by atoms with Crippen LogP contribution < -0.4 is 5.32 Å². The number of nitrogens with zero attached hydrogens (tertiary/aromatic N) is 2. The number of nitrogens with one attached hydrogen (secondary N) is 1. The van der Waals surface area contributed by atoms with E-state index in [1.165, 1.54) is 0 Å². The van der Waals surface area contributed by atoms with Crippen molar-refractivity contribution in [3.63, 3.8) is 0 Å². The molecule has 1 amide bonds. The van der Waals surface area contributed by atoms with Crippen molar-refractivity contribution in [1.29, 1.82) is 0 Å². The molecule has 0 aliphatic heterocycles. The van der Waals surface area contributed by atoms with Gasteiger partial charge in [0.05, 0.1) is 17.1 Å². The number of carbonyl (C=O) groups excluding carboxylic acids is 1. The first-order valence-corrected chi connectivity index (χ1v) is 4.91. The molecule has 13 heavy (non-hydrogen) atoms. The zero-order valence-electron chi connectivity index (χ0n) is 7.62. The van der Waals surface area contributed by atoms with Gasteiger partial charge >= 0.3 is 0 Å². The zero-order chi connectivity index (χ0) is 9.84. The molecule has 1 atom stereocenters. The normalized spacial score (nSPS) is 12.5. The molecule has 5 heteroatoms. The van der Waals surface area contributed by atoms with Gasteiger partial charge in [-0.25, -0.2) is 0 Å². The minimum Gasteiger partial charge on any atom is -0.349 e. The maximum absolute atomic E-state index is 11.1. The highest BCUT2D eigenvalue weighted by Crippen LogP contribution is 1.98. The van der Waals surface area contributed by atoms with Crippen molar-refractivity contribution in [2.45, 2.75) is 18.3 Å². The van der Waals surface area contributed by atoms with Crippen molar-refractivity contribution in [1.82, 2.24) is 15.1 Å². The topological polar surface area (TPSA) is 46.9 Å². The highest BCUT2D eigenvalue weighted by Gasteiger charge is 2.07. The lowest BCUT2D eigenvalue weighted by molar-refractivity contribution is -0.120. The number of carbonyl (C=O) groups is 1. The molecule has 0 saturated heterocycles. The van der Waals surface area contributed by atoms with Gasteiger partial charge in [0.2, 0.25) is 5.91 Å². The fourth-order valence-electron chi connectivity index (χ4n) is 0.876. The number of hydrogen-bond donors (Lipinski definition) is 1. The second kappa shape index (κ2) is 4.41. The van der Waals surface area contributed by atoms with Gasteiger partial charge in [-0.1, -0.05) is 15.9 Å². The third kappa shape index (κ3) is 3.18. The number of hydrogen-bond acceptors (Lipinski definition) is 2. The number of aryl methyl sites for hydroxylation is 1. The summed E-state index contributed by atoms with van der Waals surface area (Å²) in [6.45, 7) is 2.27. The Morgan fingerprint density at radius 3 is 3.00 bits per heavy atom. The molecule has 0 aromatic carbocycles. The van der Waals surface area contributed by atoms with Gasteiger partial charge < -0.3 is 5.32 Å². The number of aromatic nitrogens is 2. The van der Waals surface area contributed by atoms with Crippen LogP contribution in [0.1, 0.15) is 12.6 Å². The molecule has 0 spiro atoms. The van der Waals surface area contributed by atoms with E-state index in [4.69, 9.17) is 0 Å². The number of halogens is 1. The molecule has 0 aliphatic carbocycles. The minimum atomic E-state index is -0.156. The molecule has 0 bridgehead atoms. The van der Waals surface area contributed by atoms with Crippen LogP contribution >= 0.6 is 15.9 Å². The van der Waals surface area contributed by atoms with E-state index in [1.54, 1.807) is 11.6 Å². The molecule has 1 unspecified atom stereocenters. The van der Waals surface area contributed by atoms with E-state index in [9.17, 15) is 4.79 Å². The number of rotatable bonds is 3. The number of alkyl halides is 1. The van der Waals surface area contributed by atoms with Gasteiger partial charge in [-0.2, -0.15) is 5.10 Å². The molecule has 4 nitrogen and oxygen atoms in total. The Morgan fingerprint density at radius 2 is 2.54 bits per heavy atom. The molecular formula is C8H12BrN3O. The third-order valence-electron chi connectivity index (χ3n) is 1.57. The molecule has 1 N–H and O–H groups in total. The minimum absolute atomic E-state index is 0.0225. The standard InChI is InChI=1S/C8H12BrN3O/c1-6(9)8(13)10-5-7-3-4-12(2)11-7/h3-4,6H,5H2,1-2H3,(H,10,13). The first-order valence-electron chi connectivity index (χ1n) is 4.00. The summed E-state index contributed by atoms with van der Waals surface area (Å²) in [5.74, 6) is -0.0225. The molecule has 0 saturated carbocycles. The first kappa shape index (κ1) is 10.2. The van der Waals surface area contributed by atoms with Crippen LogP contribution in [0.2, 0.25) is 0 Å². The molecule has 0 radical (unpaired) electrons. The van der Waals surface area contributed by atoms with Gasteiger partial charge in [0.1, 0.15) is 0 Å². The number of amides is 1. The van der Waals surface area contributed by atoms with Crippen molar-refractivity contribution in [3.8, 4) is 0 Å². The maximum atomic E-state index is 11.1. The third-order valence-corrected chi connectivity index (χ3v) is 1.99. The second-order valence-corrected chi connectivity index (χ2v) is 4.19. The highest BCUT2D eigenvalue weighted by molar-refractivity contribution is 9.10. The van der Waals surface area contributed by atoms with Crippen LogP contribution in [0.4, 0.5) is 0 Å². The van der Waals surface area contributed by atoms with E-state index in [2.05, 4.69) is 26.3 Å². The zero-order valence-corrected chi connectivity index (χ0v) is 9.21. The summed E-state index contributed by atoms with van der Waals surface area (Å²) < 4.78 is 1.71. The summed E-state index contributed by atoms with van der Waals surface area (Å²) in [7, 11) is 1.85. The maximum Gasteiger partial charge on any atom is 0.233 e.